The number of hydrogen-bond donors (Lipinski definition) is 0. The molecule has 1 saturated heterocycles. The summed E-state index contributed by atoms with van der Waals surface area (Å²) in [5.74, 6) is 0.979. The maximum Gasteiger partial charge on any atom is 0.158 e. The number of Topliss-reactive ketones (excluding diaryl/α,β-unsaturated/α-hetero) is 1. The normalized spacial score (nSPS) is 23.6. The summed E-state index contributed by atoms with van der Waals surface area (Å²) >= 11 is 0. The topological polar surface area (TPSA) is 26.3 Å². The predicted octanol–water partition coefficient (Wildman–Crippen LogP) is 2.48. The van der Waals surface area contributed by atoms with Crippen molar-refractivity contribution >= 4 is 5.78 Å². The van der Waals surface area contributed by atoms with Gasteiger partial charge in [-0.05, 0) is 43.6 Å². The Morgan fingerprint density at radius 2 is 2.21 bits per heavy atom. The first-order chi connectivity index (χ1) is 6.86. The maximum absolute atomic E-state index is 11.8. The van der Waals surface area contributed by atoms with Gasteiger partial charge in [-0.3, -0.25) is 4.79 Å². The van der Waals surface area contributed by atoms with Gasteiger partial charge in [-0.25, -0.2) is 0 Å². The van der Waals surface area contributed by atoms with Gasteiger partial charge < -0.3 is 4.74 Å². The predicted molar refractivity (Wildman–Crippen MR) is 55.1 cm³/mol. The van der Waals surface area contributed by atoms with Crippen LogP contribution in [0.4, 0.5) is 0 Å². The van der Waals surface area contributed by atoms with E-state index in [1.165, 1.54) is 6.42 Å². The molecule has 0 amide bonds. The second-order valence-corrected chi connectivity index (χ2v) is 4.30. The molecule has 0 spiro atoms. The van der Waals surface area contributed by atoms with Gasteiger partial charge in [0.05, 0.1) is 0 Å². The van der Waals surface area contributed by atoms with E-state index in [1.807, 2.05) is 0 Å². The Bertz CT molecular complexity index is 237. The molecule has 0 aromatic rings. The lowest BCUT2D eigenvalue weighted by Gasteiger charge is -2.21. The van der Waals surface area contributed by atoms with Crippen molar-refractivity contribution in [2.75, 3.05) is 13.2 Å². The Hall–Kier alpha value is -0.630. The lowest BCUT2D eigenvalue weighted by molar-refractivity contribution is -0.117. The fourth-order valence-electron chi connectivity index (χ4n) is 2.27. The summed E-state index contributed by atoms with van der Waals surface area (Å²) < 4.78 is 5.28. The van der Waals surface area contributed by atoms with E-state index in [9.17, 15) is 4.79 Å². The molecule has 0 bridgehead atoms. The first-order valence-corrected chi connectivity index (χ1v) is 5.66. The molecular weight excluding hydrogens is 176 g/mol. The van der Waals surface area contributed by atoms with Crippen LogP contribution in [-0.2, 0) is 9.53 Å². The maximum atomic E-state index is 11.8. The van der Waals surface area contributed by atoms with Crippen molar-refractivity contribution in [1.29, 1.82) is 0 Å². The van der Waals surface area contributed by atoms with Crippen LogP contribution in [0, 0.1) is 5.92 Å². The van der Waals surface area contributed by atoms with E-state index in [2.05, 4.69) is 6.08 Å². The number of carbonyl (C=O) groups excluding carboxylic acids is 1. The van der Waals surface area contributed by atoms with Gasteiger partial charge >= 0.3 is 0 Å². The lowest BCUT2D eigenvalue weighted by atomic mass is 9.92. The molecule has 78 valence electrons. The minimum absolute atomic E-state index is 0.398. The Kier molecular flexibility index (Phi) is 3.35. The summed E-state index contributed by atoms with van der Waals surface area (Å²) in [6.45, 7) is 1.69. The molecule has 0 unspecified atom stereocenters. The molecule has 1 aliphatic heterocycles. The summed E-state index contributed by atoms with van der Waals surface area (Å²) in [4.78, 5) is 11.8. The summed E-state index contributed by atoms with van der Waals surface area (Å²) in [5, 5.41) is 0. The highest BCUT2D eigenvalue weighted by atomic mass is 16.5. The quantitative estimate of drug-likeness (QED) is 0.690. The summed E-state index contributed by atoms with van der Waals surface area (Å²) in [7, 11) is 0. The van der Waals surface area contributed by atoms with Gasteiger partial charge in [0, 0.05) is 19.6 Å². The van der Waals surface area contributed by atoms with E-state index in [0.717, 1.165) is 50.9 Å². The van der Waals surface area contributed by atoms with Crippen molar-refractivity contribution in [2.24, 2.45) is 5.92 Å². The van der Waals surface area contributed by atoms with Crippen molar-refractivity contribution in [3.05, 3.63) is 11.6 Å². The molecule has 2 nitrogen and oxygen atoms in total. The van der Waals surface area contributed by atoms with Crippen LogP contribution in [-0.4, -0.2) is 19.0 Å². The Labute approximate surface area is 85.3 Å². The van der Waals surface area contributed by atoms with Crippen LogP contribution in [0.5, 0.6) is 0 Å². The molecule has 14 heavy (non-hydrogen) atoms. The third-order valence-electron chi connectivity index (χ3n) is 3.21. The van der Waals surface area contributed by atoms with Crippen LogP contribution in [0.3, 0.4) is 0 Å². The summed E-state index contributed by atoms with van der Waals surface area (Å²) in [6.07, 6.45) is 8.32. The van der Waals surface area contributed by atoms with Crippen LogP contribution in [0.25, 0.3) is 0 Å². The zero-order valence-electron chi connectivity index (χ0n) is 8.63. The highest BCUT2D eigenvalue weighted by Crippen LogP contribution is 2.25. The van der Waals surface area contributed by atoms with E-state index in [1.54, 1.807) is 0 Å². The van der Waals surface area contributed by atoms with E-state index in [4.69, 9.17) is 4.74 Å². The Morgan fingerprint density at radius 1 is 1.43 bits per heavy atom. The van der Waals surface area contributed by atoms with E-state index in [0.29, 0.717) is 11.7 Å². The van der Waals surface area contributed by atoms with Crippen molar-refractivity contribution in [1.82, 2.24) is 0 Å². The molecule has 1 heterocycles. The molecule has 0 saturated carbocycles. The second kappa shape index (κ2) is 4.74. The third kappa shape index (κ3) is 2.44. The van der Waals surface area contributed by atoms with E-state index < -0.39 is 0 Å². The number of carbonyl (C=O) groups is 1. The highest BCUT2D eigenvalue weighted by Gasteiger charge is 2.20. The average molecular weight is 194 g/mol. The Morgan fingerprint density at radius 3 is 2.86 bits per heavy atom. The molecule has 2 rings (SSSR count). The van der Waals surface area contributed by atoms with Gasteiger partial charge in [-0.1, -0.05) is 6.08 Å². The molecule has 2 aliphatic rings. The number of ether oxygens (including phenoxy) is 1. The van der Waals surface area contributed by atoms with Crippen molar-refractivity contribution in [3.63, 3.8) is 0 Å². The molecule has 0 aromatic heterocycles. The first-order valence-electron chi connectivity index (χ1n) is 5.66. The molecule has 0 radical (unpaired) electrons. The Balaban J connectivity index is 1.81. The standard InChI is InChI=1S/C12H18O2/c13-12(11-3-1-2-4-11)9-10-5-7-14-8-6-10/h3,10H,1-2,4-9H2. The van der Waals surface area contributed by atoms with Gasteiger partial charge in [-0.2, -0.15) is 0 Å². The smallest absolute Gasteiger partial charge is 0.158 e. The zero-order valence-corrected chi connectivity index (χ0v) is 8.63. The molecule has 0 aromatic carbocycles. The zero-order chi connectivity index (χ0) is 9.80. The number of ketones is 1. The molecular formula is C12H18O2. The molecule has 0 atom stereocenters. The SMILES string of the molecule is O=C(CC1CCOCC1)C1=CCCC1. The lowest BCUT2D eigenvalue weighted by Crippen LogP contribution is -2.19. The van der Waals surface area contributed by atoms with E-state index >= 15 is 0 Å². The highest BCUT2D eigenvalue weighted by molar-refractivity contribution is 5.95. The van der Waals surface area contributed by atoms with Crippen LogP contribution in [0.15, 0.2) is 11.6 Å². The van der Waals surface area contributed by atoms with Crippen LogP contribution in [0.2, 0.25) is 0 Å². The van der Waals surface area contributed by atoms with Crippen molar-refractivity contribution < 1.29 is 9.53 Å². The third-order valence-corrected chi connectivity index (χ3v) is 3.21. The minimum atomic E-state index is 0.398. The summed E-state index contributed by atoms with van der Waals surface area (Å²) in [5.41, 5.74) is 1.09. The molecule has 1 fully saturated rings. The number of rotatable bonds is 3. The van der Waals surface area contributed by atoms with Crippen LogP contribution in [0.1, 0.15) is 38.5 Å². The molecule has 2 heteroatoms. The van der Waals surface area contributed by atoms with Gasteiger partial charge in [0.2, 0.25) is 0 Å². The molecule has 1 aliphatic carbocycles. The summed E-state index contributed by atoms with van der Waals surface area (Å²) in [6, 6.07) is 0. The molecule has 0 N–H and O–H groups in total. The number of allylic oxidation sites excluding steroid dienone is 2. The fraction of sp³-hybridized carbons (Fsp3) is 0.750. The number of hydrogen-bond acceptors (Lipinski definition) is 2. The van der Waals surface area contributed by atoms with Crippen molar-refractivity contribution in [3.8, 4) is 0 Å². The van der Waals surface area contributed by atoms with Gasteiger partial charge in [0.15, 0.2) is 5.78 Å². The fourth-order valence-corrected chi connectivity index (χ4v) is 2.27. The van der Waals surface area contributed by atoms with Crippen molar-refractivity contribution in [2.45, 2.75) is 38.5 Å². The van der Waals surface area contributed by atoms with Gasteiger partial charge in [-0.15, -0.1) is 0 Å². The minimum Gasteiger partial charge on any atom is -0.381 e. The van der Waals surface area contributed by atoms with E-state index in [-0.39, 0.29) is 0 Å². The van der Waals surface area contributed by atoms with Crippen LogP contribution >= 0.6 is 0 Å². The van der Waals surface area contributed by atoms with Gasteiger partial charge in [0.1, 0.15) is 0 Å². The average Bonchev–Trinajstić information content (AvgIpc) is 2.72. The largest absolute Gasteiger partial charge is 0.381 e. The monoisotopic (exact) mass is 194 g/mol. The van der Waals surface area contributed by atoms with Crippen LogP contribution < -0.4 is 0 Å². The second-order valence-electron chi connectivity index (χ2n) is 4.30. The first kappa shape index (κ1) is 9.91. The van der Waals surface area contributed by atoms with Gasteiger partial charge in [0.25, 0.3) is 0 Å².